The van der Waals surface area contributed by atoms with Crippen LogP contribution in [0, 0.1) is 5.82 Å². The van der Waals surface area contributed by atoms with Gasteiger partial charge in [0.05, 0.1) is 0 Å². The molecule has 2 rings (SSSR count). The molecule has 1 unspecified atom stereocenters. The molecule has 3 N–H and O–H groups in total. The third-order valence-electron chi connectivity index (χ3n) is 2.60. The van der Waals surface area contributed by atoms with E-state index in [9.17, 15) is 4.39 Å². The van der Waals surface area contributed by atoms with Gasteiger partial charge in [-0.1, -0.05) is 0 Å². The molecule has 70 valence electrons. The number of nitrogen functional groups attached to an aromatic ring is 1. The van der Waals surface area contributed by atoms with Crippen molar-refractivity contribution < 1.29 is 4.39 Å². The Morgan fingerprint density at radius 1 is 1.54 bits per heavy atom. The van der Waals surface area contributed by atoms with E-state index in [1.165, 1.54) is 6.07 Å². The molecule has 1 heterocycles. The Morgan fingerprint density at radius 2 is 2.31 bits per heavy atom. The van der Waals surface area contributed by atoms with Crippen LogP contribution in [0.4, 0.5) is 10.1 Å². The van der Waals surface area contributed by atoms with Gasteiger partial charge in [-0.3, -0.25) is 0 Å². The summed E-state index contributed by atoms with van der Waals surface area (Å²) in [6.45, 7) is 2.84. The number of rotatable bonds is 0. The highest BCUT2D eigenvalue weighted by Gasteiger charge is 2.21. The highest BCUT2D eigenvalue weighted by Crippen LogP contribution is 2.29. The summed E-state index contributed by atoms with van der Waals surface area (Å²) >= 11 is 0. The van der Waals surface area contributed by atoms with Crippen LogP contribution in [0.5, 0.6) is 0 Å². The highest BCUT2D eigenvalue weighted by atomic mass is 19.1. The SMILES string of the molecule is CC1NCCc2c(N)ccc(F)c21. The van der Waals surface area contributed by atoms with Gasteiger partial charge in [-0.25, -0.2) is 4.39 Å². The van der Waals surface area contributed by atoms with Crippen molar-refractivity contribution in [2.45, 2.75) is 19.4 Å². The lowest BCUT2D eigenvalue weighted by atomic mass is 9.93. The summed E-state index contributed by atoms with van der Waals surface area (Å²) in [4.78, 5) is 0. The quantitative estimate of drug-likeness (QED) is 0.595. The van der Waals surface area contributed by atoms with Gasteiger partial charge in [0, 0.05) is 17.3 Å². The fraction of sp³-hybridized carbons (Fsp3) is 0.400. The molecule has 0 aliphatic carbocycles. The predicted molar refractivity (Wildman–Crippen MR) is 50.9 cm³/mol. The first kappa shape index (κ1) is 8.51. The molecule has 0 saturated heterocycles. The van der Waals surface area contributed by atoms with Gasteiger partial charge >= 0.3 is 0 Å². The maximum absolute atomic E-state index is 13.4. The maximum atomic E-state index is 13.4. The van der Waals surface area contributed by atoms with Crippen LogP contribution in [0.15, 0.2) is 12.1 Å². The minimum atomic E-state index is -0.149. The van der Waals surface area contributed by atoms with Crippen molar-refractivity contribution in [1.29, 1.82) is 0 Å². The zero-order valence-electron chi connectivity index (χ0n) is 7.60. The summed E-state index contributed by atoms with van der Waals surface area (Å²) in [5.74, 6) is -0.149. The Kier molecular flexibility index (Phi) is 1.96. The minimum Gasteiger partial charge on any atom is -0.398 e. The van der Waals surface area contributed by atoms with Gasteiger partial charge in [0.1, 0.15) is 5.82 Å². The van der Waals surface area contributed by atoms with Gasteiger partial charge in [0.2, 0.25) is 0 Å². The third-order valence-corrected chi connectivity index (χ3v) is 2.60. The number of benzene rings is 1. The van der Waals surface area contributed by atoms with Crippen LogP contribution < -0.4 is 11.1 Å². The molecule has 0 bridgehead atoms. The molecular weight excluding hydrogens is 167 g/mol. The van der Waals surface area contributed by atoms with Gasteiger partial charge in [-0.05, 0) is 37.6 Å². The fourth-order valence-corrected chi connectivity index (χ4v) is 1.92. The molecule has 0 spiro atoms. The average Bonchev–Trinajstić information content (AvgIpc) is 2.12. The van der Waals surface area contributed by atoms with Crippen LogP contribution in [0.2, 0.25) is 0 Å². The van der Waals surface area contributed by atoms with Gasteiger partial charge in [-0.2, -0.15) is 0 Å². The van der Waals surface area contributed by atoms with E-state index in [0.717, 1.165) is 24.1 Å². The van der Waals surface area contributed by atoms with E-state index >= 15 is 0 Å². The molecule has 13 heavy (non-hydrogen) atoms. The Labute approximate surface area is 76.9 Å². The van der Waals surface area contributed by atoms with Crippen LogP contribution in [0.1, 0.15) is 24.1 Å². The first-order chi connectivity index (χ1) is 6.20. The normalized spacial score (nSPS) is 21.2. The second-order valence-corrected chi connectivity index (χ2v) is 3.45. The highest BCUT2D eigenvalue weighted by molar-refractivity contribution is 5.53. The van der Waals surface area contributed by atoms with Crippen LogP contribution >= 0.6 is 0 Å². The molecule has 2 nitrogen and oxygen atoms in total. The van der Waals surface area contributed by atoms with Crippen LogP contribution in [0.3, 0.4) is 0 Å². The van der Waals surface area contributed by atoms with Crippen molar-refractivity contribution >= 4 is 5.69 Å². The van der Waals surface area contributed by atoms with Gasteiger partial charge < -0.3 is 11.1 Å². The largest absolute Gasteiger partial charge is 0.398 e. The topological polar surface area (TPSA) is 38.0 Å². The van der Waals surface area contributed by atoms with E-state index in [-0.39, 0.29) is 11.9 Å². The summed E-state index contributed by atoms with van der Waals surface area (Å²) in [7, 11) is 0. The molecule has 0 saturated carbocycles. The monoisotopic (exact) mass is 180 g/mol. The molecule has 0 aromatic heterocycles. The van der Waals surface area contributed by atoms with E-state index in [1.807, 2.05) is 6.92 Å². The first-order valence-corrected chi connectivity index (χ1v) is 4.50. The number of fused-ring (bicyclic) bond motifs is 1. The number of nitrogens with one attached hydrogen (secondary N) is 1. The molecule has 3 heteroatoms. The Bertz CT molecular complexity index is 336. The molecule has 1 atom stereocenters. The number of nitrogens with two attached hydrogens (primary N) is 1. The van der Waals surface area contributed by atoms with Gasteiger partial charge in [0.15, 0.2) is 0 Å². The number of hydrogen-bond donors (Lipinski definition) is 2. The minimum absolute atomic E-state index is 0.0762. The standard InChI is InChI=1S/C10H13FN2/c1-6-10-7(4-5-13-6)9(12)3-2-8(10)11/h2-3,6,13H,4-5,12H2,1H3. The summed E-state index contributed by atoms with van der Waals surface area (Å²) in [6.07, 6.45) is 0.823. The van der Waals surface area contributed by atoms with Crippen molar-refractivity contribution in [2.75, 3.05) is 12.3 Å². The van der Waals surface area contributed by atoms with E-state index in [4.69, 9.17) is 5.73 Å². The van der Waals surface area contributed by atoms with Crippen LogP contribution in [-0.2, 0) is 6.42 Å². The van der Waals surface area contributed by atoms with Gasteiger partial charge in [0.25, 0.3) is 0 Å². The van der Waals surface area contributed by atoms with E-state index < -0.39 is 0 Å². The molecular formula is C10H13FN2. The molecule has 1 aromatic rings. The summed E-state index contributed by atoms with van der Waals surface area (Å²) < 4.78 is 13.4. The van der Waals surface area contributed by atoms with E-state index in [1.54, 1.807) is 6.07 Å². The molecule has 1 aliphatic rings. The number of anilines is 1. The zero-order valence-corrected chi connectivity index (χ0v) is 7.60. The molecule has 1 aliphatic heterocycles. The lowest BCUT2D eigenvalue weighted by Crippen LogP contribution is -2.29. The second kappa shape index (κ2) is 3.00. The maximum Gasteiger partial charge on any atom is 0.128 e. The lowest BCUT2D eigenvalue weighted by Gasteiger charge is -2.25. The zero-order chi connectivity index (χ0) is 9.42. The third kappa shape index (κ3) is 1.29. The molecule has 0 fully saturated rings. The first-order valence-electron chi connectivity index (χ1n) is 4.50. The van der Waals surface area contributed by atoms with Crippen molar-refractivity contribution in [3.63, 3.8) is 0 Å². The van der Waals surface area contributed by atoms with Crippen molar-refractivity contribution in [3.05, 3.63) is 29.1 Å². The van der Waals surface area contributed by atoms with Crippen LogP contribution in [-0.4, -0.2) is 6.54 Å². The van der Waals surface area contributed by atoms with Crippen molar-refractivity contribution in [1.82, 2.24) is 5.32 Å². The predicted octanol–water partition coefficient (Wildman–Crippen LogP) is 1.61. The summed E-state index contributed by atoms with van der Waals surface area (Å²) in [5, 5.41) is 3.21. The Hall–Kier alpha value is -1.09. The number of halogens is 1. The summed E-state index contributed by atoms with van der Waals surface area (Å²) in [5.41, 5.74) is 8.21. The van der Waals surface area contributed by atoms with Crippen molar-refractivity contribution in [2.24, 2.45) is 0 Å². The second-order valence-electron chi connectivity index (χ2n) is 3.45. The fourth-order valence-electron chi connectivity index (χ4n) is 1.92. The summed E-state index contributed by atoms with van der Waals surface area (Å²) in [6, 6.07) is 3.16. The lowest BCUT2D eigenvalue weighted by molar-refractivity contribution is 0.500. The average molecular weight is 180 g/mol. The number of hydrogen-bond acceptors (Lipinski definition) is 2. The van der Waals surface area contributed by atoms with Crippen molar-refractivity contribution in [3.8, 4) is 0 Å². The Morgan fingerprint density at radius 3 is 3.00 bits per heavy atom. The Balaban J connectivity index is 2.60. The van der Waals surface area contributed by atoms with E-state index in [2.05, 4.69) is 5.32 Å². The molecule has 1 aromatic carbocycles. The molecule has 0 amide bonds. The van der Waals surface area contributed by atoms with Crippen LogP contribution in [0.25, 0.3) is 0 Å². The van der Waals surface area contributed by atoms with E-state index in [0.29, 0.717) is 5.69 Å². The van der Waals surface area contributed by atoms with Gasteiger partial charge in [-0.15, -0.1) is 0 Å². The smallest absolute Gasteiger partial charge is 0.128 e. The molecule has 0 radical (unpaired) electrons.